The van der Waals surface area contributed by atoms with Crippen LogP contribution in [-0.2, 0) is 32.6 Å². The molecule has 0 heterocycles. The van der Waals surface area contributed by atoms with Gasteiger partial charge in [0.25, 0.3) is 0 Å². The smallest absolute Gasteiger partial charge is 0.244 e. The summed E-state index contributed by atoms with van der Waals surface area (Å²) in [6.45, 7) is 7.27. The molecule has 0 radical (unpaired) electrons. The van der Waals surface area contributed by atoms with Gasteiger partial charge >= 0.3 is 0 Å². The average Bonchev–Trinajstić information content (AvgIpc) is 2.90. The monoisotopic (exact) mass is 583 g/mol. The van der Waals surface area contributed by atoms with E-state index >= 15 is 0 Å². The second kappa shape index (κ2) is 13.8. The highest BCUT2D eigenvalue weighted by molar-refractivity contribution is 7.92. The first-order valence-corrected chi connectivity index (χ1v) is 15.5. The van der Waals surface area contributed by atoms with Crippen LogP contribution in [0.2, 0.25) is 5.02 Å². The van der Waals surface area contributed by atoms with Crippen LogP contribution < -0.4 is 9.62 Å². The Morgan fingerprint density at radius 1 is 0.950 bits per heavy atom. The van der Waals surface area contributed by atoms with E-state index in [0.29, 0.717) is 16.3 Å². The molecule has 214 valence electrons. The molecule has 0 aromatic heterocycles. The van der Waals surface area contributed by atoms with Crippen molar-refractivity contribution in [1.29, 1.82) is 0 Å². The van der Waals surface area contributed by atoms with E-state index in [1.54, 1.807) is 19.1 Å². The van der Waals surface area contributed by atoms with Crippen LogP contribution in [0.4, 0.5) is 5.69 Å². The minimum absolute atomic E-state index is 0.0941. The zero-order valence-corrected chi connectivity index (χ0v) is 25.3. The molecule has 7 nitrogen and oxygen atoms in total. The lowest BCUT2D eigenvalue weighted by Crippen LogP contribution is -2.54. The summed E-state index contributed by atoms with van der Waals surface area (Å²) in [6, 6.07) is 21.2. The molecule has 2 amide bonds. The van der Waals surface area contributed by atoms with Crippen molar-refractivity contribution in [2.24, 2.45) is 0 Å². The fourth-order valence-electron chi connectivity index (χ4n) is 4.45. The van der Waals surface area contributed by atoms with Crippen molar-refractivity contribution in [1.82, 2.24) is 10.2 Å². The molecule has 0 unspecified atom stereocenters. The number of aryl methyl sites for hydroxylation is 2. The van der Waals surface area contributed by atoms with Crippen LogP contribution in [0.1, 0.15) is 42.5 Å². The minimum atomic E-state index is -3.87. The molecule has 0 saturated heterocycles. The summed E-state index contributed by atoms with van der Waals surface area (Å²) in [6.07, 6.45) is 2.06. The van der Waals surface area contributed by atoms with Gasteiger partial charge in [-0.15, -0.1) is 0 Å². The molecule has 3 aromatic rings. The van der Waals surface area contributed by atoms with E-state index in [1.165, 1.54) is 11.0 Å². The van der Waals surface area contributed by atoms with Crippen LogP contribution in [0.25, 0.3) is 0 Å². The Kier molecular flexibility index (Phi) is 10.8. The number of nitrogens with zero attached hydrogens (tertiary/aromatic N) is 2. The number of amides is 2. The Bertz CT molecular complexity index is 1430. The first-order chi connectivity index (χ1) is 18.9. The number of sulfonamides is 1. The lowest BCUT2D eigenvalue weighted by molar-refractivity contribution is -0.140. The summed E-state index contributed by atoms with van der Waals surface area (Å²) in [5.41, 5.74) is 3.72. The van der Waals surface area contributed by atoms with Crippen molar-refractivity contribution in [3.05, 3.63) is 100 Å². The highest BCUT2D eigenvalue weighted by atomic mass is 35.5. The van der Waals surface area contributed by atoms with Crippen LogP contribution >= 0.6 is 11.6 Å². The Hall–Kier alpha value is -3.36. The number of benzene rings is 3. The molecule has 40 heavy (non-hydrogen) atoms. The van der Waals surface area contributed by atoms with Gasteiger partial charge in [0.05, 0.1) is 11.9 Å². The molecule has 0 aliphatic heterocycles. The first kappa shape index (κ1) is 31.2. The summed E-state index contributed by atoms with van der Waals surface area (Å²) in [7, 11) is -3.87. The second-order valence-electron chi connectivity index (χ2n) is 10.2. The Balaban J connectivity index is 2.09. The fraction of sp³-hybridized carbons (Fsp3) is 0.355. The molecular weight excluding hydrogens is 546 g/mol. The fourth-order valence-corrected chi connectivity index (χ4v) is 5.51. The minimum Gasteiger partial charge on any atom is -0.352 e. The number of anilines is 1. The summed E-state index contributed by atoms with van der Waals surface area (Å²) >= 11 is 6.21. The van der Waals surface area contributed by atoms with Crippen molar-refractivity contribution in [2.45, 2.75) is 59.2 Å². The molecule has 2 atom stereocenters. The Morgan fingerprint density at radius 3 is 2.25 bits per heavy atom. The zero-order valence-electron chi connectivity index (χ0n) is 23.7. The van der Waals surface area contributed by atoms with Crippen molar-refractivity contribution in [3.63, 3.8) is 0 Å². The van der Waals surface area contributed by atoms with E-state index in [-0.39, 0.29) is 24.9 Å². The normalized spacial score (nSPS) is 12.8. The van der Waals surface area contributed by atoms with Crippen molar-refractivity contribution < 1.29 is 18.0 Å². The number of halogens is 1. The standard InChI is InChI=1S/C31H38ClN3O4S/c1-6-24(4)33-31(37)29(18-25-12-8-7-9-13-25)34(20-26-14-10-11-22(2)17-26)30(36)21-35(40(5,38)39)28-19-27(32)16-15-23(28)3/h7-17,19,24,29H,6,18,20-21H2,1-5H3,(H,33,37)/t24-,29-/m0/s1. The van der Waals surface area contributed by atoms with Gasteiger partial charge in [-0.3, -0.25) is 13.9 Å². The predicted molar refractivity (Wildman–Crippen MR) is 162 cm³/mol. The molecule has 0 fully saturated rings. The second-order valence-corrected chi connectivity index (χ2v) is 12.6. The van der Waals surface area contributed by atoms with E-state index in [1.807, 2.05) is 75.4 Å². The molecule has 3 rings (SSSR count). The van der Waals surface area contributed by atoms with Gasteiger partial charge in [0.15, 0.2) is 0 Å². The van der Waals surface area contributed by atoms with Crippen LogP contribution in [0, 0.1) is 13.8 Å². The molecule has 3 aromatic carbocycles. The topological polar surface area (TPSA) is 86.8 Å². The third kappa shape index (κ3) is 8.57. The lowest BCUT2D eigenvalue weighted by Gasteiger charge is -2.34. The first-order valence-electron chi connectivity index (χ1n) is 13.3. The Morgan fingerprint density at radius 2 is 1.62 bits per heavy atom. The molecule has 0 aliphatic rings. The van der Waals surface area contributed by atoms with Crippen LogP contribution in [-0.4, -0.2) is 50.0 Å². The number of carbonyl (C=O) groups is 2. The van der Waals surface area contributed by atoms with Crippen molar-refractivity contribution in [3.8, 4) is 0 Å². The van der Waals surface area contributed by atoms with Gasteiger partial charge in [-0.2, -0.15) is 0 Å². The SMILES string of the molecule is CC[C@H](C)NC(=O)[C@H](Cc1ccccc1)N(Cc1cccc(C)c1)C(=O)CN(c1cc(Cl)ccc1C)S(C)(=O)=O. The number of nitrogens with one attached hydrogen (secondary N) is 1. The maximum absolute atomic E-state index is 14.2. The molecule has 1 N–H and O–H groups in total. The van der Waals surface area contributed by atoms with Crippen molar-refractivity contribution >= 4 is 39.1 Å². The van der Waals surface area contributed by atoms with Gasteiger partial charge < -0.3 is 10.2 Å². The van der Waals surface area contributed by atoms with Gasteiger partial charge in [-0.05, 0) is 56.0 Å². The van der Waals surface area contributed by atoms with Crippen molar-refractivity contribution in [2.75, 3.05) is 17.1 Å². The van der Waals surface area contributed by atoms with Gasteiger partial charge in [-0.25, -0.2) is 8.42 Å². The maximum Gasteiger partial charge on any atom is 0.244 e. The van der Waals surface area contributed by atoms with Crippen LogP contribution in [0.15, 0.2) is 72.8 Å². The van der Waals surface area contributed by atoms with Gasteiger partial charge in [0, 0.05) is 24.0 Å². The zero-order chi connectivity index (χ0) is 29.4. The van der Waals surface area contributed by atoms with E-state index in [4.69, 9.17) is 11.6 Å². The number of rotatable bonds is 12. The Labute approximate surface area is 243 Å². The molecule has 0 bridgehead atoms. The van der Waals surface area contributed by atoms with E-state index in [9.17, 15) is 18.0 Å². The third-order valence-electron chi connectivity index (χ3n) is 6.83. The lowest BCUT2D eigenvalue weighted by atomic mass is 10.0. The molecule has 0 saturated carbocycles. The number of hydrogen-bond acceptors (Lipinski definition) is 4. The van der Waals surface area contributed by atoms with E-state index in [0.717, 1.165) is 33.7 Å². The quantitative estimate of drug-likeness (QED) is 0.314. The van der Waals surface area contributed by atoms with Gasteiger partial charge in [0.1, 0.15) is 12.6 Å². The van der Waals surface area contributed by atoms with Gasteiger partial charge in [-0.1, -0.05) is 84.8 Å². The summed E-state index contributed by atoms with van der Waals surface area (Å²) in [4.78, 5) is 29.4. The summed E-state index contributed by atoms with van der Waals surface area (Å²) < 4.78 is 27.0. The summed E-state index contributed by atoms with van der Waals surface area (Å²) in [5.74, 6) is -0.782. The van der Waals surface area contributed by atoms with Crippen LogP contribution in [0.3, 0.4) is 0 Å². The van der Waals surface area contributed by atoms with E-state index < -0.39 is 28.5 Å². The molecular formula is C31H38ClN3O4S. The largest absolute Gasteiger partial charge is 0.352 e. The molecule has 0 aliphatic carbocycles. The van der Waals surface area contributed by atoms with E-state index in [2.05, 4.69) is 5.32 Å². The van der Waals surface area contributed by atoms with Gasteiger partial charge in [0.2, 0.25) is 21.8 Å². The molecule has 9 heteroatoms. The van der Waals surface area contributed by atoms with Crippen LogP contribution in [0.5, 0.6) is 0 Å². The summed E-state index contributed by atoms with van der Waals surface area (Å²) in [5, 5.41) is 3.39. The molecule has 0 spiro atoms. The average molecular weight is 584 g/mol. The third-order valence-corrected chi connectivity index (χ3v) is 8.19. The predicted octanol–water partition coefficient (Wildman–Crippen LogP) is 5.28. The highest BCUT2D eigenvalue weighted by Gasteiger charge is 2.33. The maximum atomic E-state index is 14.2. The highest BCUT2D eigenvalue weighted by Crippen LogP contribution is 2.27. The number of hydrogen-bond donors (Lipinski definition) is 1. The number of carbonyl (C=O) groups excluding carboxylic acids is 2.